The van der Waals surface area contributed by atoms with Crippen molar-refractivity contribution in [2.45, 2.75) is 51.2 Å². The Labute approximate surface area is 250 Å². The van der Waals surface area contributed by atoms with Crippen molar-refractivity contribution in [3.05, 3.63) is 75.3 Å². The molecular formula is C33H39N3O7. The van der Waals surface area contributed by atoms with Gasteiger partial charge in [0.15, 0.2) is 11.4 Å². The highest BCUT2D eigenvalue weighted by Crippen LogP contribution is 2.52. The first-order valence-corrected chi connectivity index (χ1v) is 14.7. The molecule has 3 atom stereocenters. The van der Waals surface area contributed by atoms with Gasteiger partial charge in [-0.25, -0.2) is 0 Å². The average Bonchev–Trinajstić information content (AvgIpc) is 2.94. The fourth-order valence-electron chi connectivity index (χ4n) is 6.88. The van der Waals surface area contributed by atoms with Crippen molar-refractivity contribution < 1.29 is 34.8 Å². The lowest BCUT2D eigenvalue weighted by Gasteiger charge is -2.45. The fourth-order valence-corrected chi connectivity index (χ4v) is 6.88. The number of hydrogen-bond donors (Lipinski definition) is 6. The van der Waals surface area contributed by atoms with Crippen molar-refractivity contribution in [1.29, 1.82) is 0 Å². The van der Waals surface area contributed by atoms with Gasteiger partial charge < -0.3 is 36.4 Å². The lowest BCUT2D eigenvalue weighted by molar-refractivity contribution is -0.144. The Hall–Kier alpha value is -3.99. The van der Waals surface area contributed by atoms with Crippen LogP contribution in [0.1, 0.15) is 53.2 Å². The summed E-state index contributed by atoms with van der Waals surface area (Å²) in [5.41, 5.74) is 6.36. The molecule has 2 aromatic carbocycles. The number of fused-ring (bicyclic) bond motifs is 3. The van der Waals surface area contributed by atoms with Crippen LogP contribution in [-0.4, -0.2) is 75.6 Å². The standard InChI is InChI=1S/C33H39N3O7/c1-4-5-18-7-6-17(16-35-10-11-36(2)3)12-22(18)21-8-9-24(37)27-23(21)14-19-13-20-15-25(38)28(32(34)42)31(41)33(20,43)30(40)26(19)29(27)39/h6-9,12,19-20,35,37-38,40,43H,4-5,10-11,13-16H2,1-3H3,(H2,34,42)/t19-,20+,33+/m1/s1. The molecule has 0 radical (unpaired) electrons. The number of primary amides is 1. The number of aliphatic hydroxyl groups is 3. The number of amides is 1. The number of nitrogens with one attached hydrogen (secondary N) is 1. The minimum atomic E-state index is -2.58. The van der Waals surface area contributed by atoms with Gasteiger partial charge in [-0.15, -0.1) is 0 Å². The molecule has 3 aliphatic carbocycles. The Kier molecular flexibility index (Phi) is 8.22. The molecule has 5 rings (SSSR count). The fraction of sp³-hybridized carbons (Fsp3) is 0.424. The van der Waals surface area contributed by atoms with E-state index >= 15 is 0 Å². The lowest BCUT2D eigenvalue weighted by Crippen LogP contribution is -2.57. The molecule has 0 aliphatic heterocycles. The molecule has 0 saturated carbocycles. The van der Waals surface area contributed by atoms with Crippen LogP contribution >= 0.6 is 0 Å². The zero-order valence-electron chi connectivity index (χ0n) is 24.7. The number of carbonyl (C=O) groups excluding carboxylic acids is 3. The molecule has 0 aromatic heterocycles. The Morgan fingerprint density at radius 3 is 2.51 bits per heavy atom. The number of allylic oxidation sites excluding steroid dienone is 2. The molecule has 0 fully saturated rings. The summed E-state index contributed by atoms with van der Waals surface area (Å²) in [6.07, 6.45) is 1.82. The molecule has 3 aliphatic rings. The highest BCUT2D eigenvalue weighted by molar-refractivity contribution is 6.24. The molecule has 0 spiro atoms. The zero-order valence-corrected chi connectivity index (χ0v) is 24.7. The Morgan fingerprint density at radius 2 is 1.84 bits per heavy atom. The Bertz CT molecular complexity index is 1570. The molecule has 0 saturated heterocycles. The molecule has 0 unspecified atom stereocenters. The number of phenols is 1. The number of aryl methyl sites for hydroxylation is 1. The molecular weight excluding hydrogens is 550 g/mol. The number of likely N-dealkylation sites (N-methyl/N-ethyl adjacent to an activating group) is 1. The van der Waals surface area contributed by atoms with Crippen LogP contribution in [0.4, 0.5) is 0 Å². The van der Waals surface area contributed by atoms with Crippen LogP contribution in [0.15, 0.2) is 53.0 Å². The van der Waals surface area contributed by atoms with Gasteiger partial charge in [0.2, 0.25) is 5.78 Å². The van der Waals surface area contributed by atoms with E-state index in [0.29, 0.717) is 12.1 Å². The third-order valence-electron chi connectivity index (χ3n) is 8.99. The van der Waals surface area contributed by atoms with E-state index in [1.54, 1.807) is 0 Å². The van der Waals surface area contributed by atoms with Gasteiger partial charge in [-0.1, -0.05) is 31.5 Å². The minimum Gasteiger partial charge on any atom is -0.511 e. The van der Waals surface area contributed by atoms with Crippen molar-refractivity contribution >= 4 is 17.5 Å². The van der Waals surface area contributed by atoms with Crippen LogP contribution in [0.5, 0.6) is 5.75 Å². The average molecular weight is 590 g/mol. The van der Waals surface area contributed by atoms with Crippen LogP contribution in [-0.2, 0) is 29.0 Å². The van der Waals surface area contributed by atoms with Gasteiger partial charge in [-0.2, -0.15) is 0 Å². The highest BCUT2D eigenvalue weighted by Gasteiger charge is 2.59. The van der Waals surface area contributed by atoms with Crippen LogP contribution in [0.25, 0.3) is 11.1 Å². The Morgan fingerprint density at radius 1 is 1.09 bits per heavy atom. The molecule has 1 amide bonds. The monoisotopic (exact) mass is 589 g/mol. The maximum Gasteiger partial charge on any atom is 0.255 e. The maximum absolute atomic E-state index is 14.0. The van der Waals surface area contributed by atoms with Crippen molar-refractivity contribution in [1.82, 2.24) is 10.2 Å². The maximum atomic E-state index is 14.0. The number of aliphatic hydroxyl groups excluding tert-OH is 2. The molecule has 228 valence electrons. The normalized spacial score (nSPS) is 23.4. The van der Waals surface area contributed by atoms with Gasteiger partial charge in [-0.05, 0) is 79.2 Å². The van der Waals surface area contributed by atoms with E-state index in [-0.39, 0.29) is 36.1 Å². The van der Waals surface area contributed by atoms with E-state index in [4.69, 9.17) is 5.73 Å². The summed E-state index contributed by atoms with van der Waals surface area (Å²) in [5.74, 6) is -6.34. The van der Waals surface area contributed by atoms with Crippen molar-refractivity contribution in [2.24, 2.45) is 17.6 Å². The van der Waals surface area contributed by atoms with Crippen molar-refractivity contribution in [2.75, 3.05) is 27.2 Å². The number of carbonyl (C=O) groups is 3. The summed E-state index contributed by atoms with van der Waals surface area (Å²) in [6, 6.07) is 9.57. The van der Waals surface area contributed by atoms with Gasteiger partial charge in [0, 0.05) is 37.5 Å². The zero-order chi connectivity index (χ0) is 31.2. The van der Waals surface area contributed by atoms with E-state index in [2.05, 4.69) is 35.3 Å². The Balaban J connectivity index is 1.59. The third kappa shape index (κ3) is 5.13. The number of hydrogen-bond acceptors (Lipinski definition) is 9. The number of aromatic hydroxyl groups is 1. The smallest absolute Gasteiger partial charge is 0.255 e. The van der Waals surface area contributed by atoms with Gasteiger partial charge in [0.1, 0.15) is 22.8 Å². The molecule has 0 heterocycles. The SMILES string of the molecule is CCCc1ccc(CNCCN(C)C)cc1-c1ccc(O)c2c1C[C@H]1C[C@H]3CC(O)=C(C(N)=O)C(=O)[C@@]3(O)C(O)=C1C2=O. The van der Waals surface area contributed by atoms with E-state index < -0.39 is 52.0 Å². The highest BCUT2D eigenvalue weighted by atomic mass is 16.3. The molecule has 7 N–H and O–H groups in total. The number of Topliss-reactive ketones (excluding diaryl/α,β-unsaturated/α-hetero) is 2. The van der Waals surface area contributed by atoms with E-state index in [0.717, 1.165) is 48.2 Å². The second-order valence-electron chi connectivity index (χ2n) is 12.1. The van der Waals surface area contributed by atoms with E-state index in [9.17, 15) is 34.8 Å². The van der Waals surface area contributed by atoms with E-state index in [1.807, 2.05) is 20.2 Å². The summed E-state index contributed by atoms with van der Waals surface area (Å²) < 4.78 is 0. The third-order valence-corrected chi connectivity index (χ3v) is 8.99. The second kappa shape index (κ2) is 11.6. The van der Waals surface area contributed by atoms with E-state index in [1.165, 1.54) is 6.07 Å². The lowest BCUT2D eigenvalue weighted by atomic mass is 9.60. The number of nitrogens with two attached hydrogens (primary N) is 1. The summed E-state index contributed by atoms with van der Waals surface area (Å²) in [5, 5.41) is 47.6. The molecule has 10 heteroatoms. The van der Waals surface area contributed by atoms with Crippen LogP contribution < -0.4 is 11.1 Å². The number of nitrogens with zero attached hydrogens (tertiary/aromatic N) is 1. The molecule has 0 bridgehead atoms. The second-order valence-corrected chi connectivity index (χ2v) is 12.1. The predicted molar refractivity (Wildman–Crippen MR) is 161 cm³/mol. The van der Waals surface area contributed by atoms with Crippen LogP contribution in [0, 0.1) is 11.8 Å². The first-order chi connectivity index (χ1) is 20.4. The van der Waals surface area contributed by atoms with Crippen molar-refractivity contribution in [3.8, 4) is 16.9 Å². The summed E-state index contributed by atoms with van der Waals surface area (Å²) in [7, 11) is 4.04. The van der Waals surface area contributed by atoms with Crippen LogP contribution in [0.2, 0.25) is 0 Å². The molecule has 10 nitrogen and oxygen atoms in total. The number of rotatable bonds is 9. The number of ketones is 2. The first-order valence-electron chi connectivity index (χ1n) is 14.7. The molecule has 2 aromatic rings. The quantitative estimate of drug-likeness (QED) is 0.190. The summed E-state index contributed by atoms with van der Waals surface area (Å²) in [6.45, 7) is 4.48. The van der Waals surface area contributed by atoms with Crippen molar-refractivity contribution in [3.63, 3.8) is 0 Å². The summed E-state index contributed by atoms with van der Waals surface area (Å²) in [4.78, 5) is 41.2. The summed E-state index contributed by atoms with van der Waals surface area (Å²) >= 11 is 0. The largest absolute Gasteiger partial charge is 0.511 e. The molecule has 43 heavy (non-hydrogen) atoms. The van der Waals surface area contributed by atoms with Gasteiger partial charge >= 0.3 is 0 Å². The van der Waals surface area contributed by atoms with Crippen LogP contribution in [0.3, 0.4) is 0 Å². The number of phenolic OH excluding ortho intramolecular Hbond substituents is 1. The predicted octanol–water partition coefficient (Wildman–Crippen LogP) is 2.85. The minimum absolute atomic E-state index is 0.0195. The van der Waals surface area contributed by atoms with Gasteiger partial charge in [0.05, 0.1) is 5.56 Å². The number of benzene rings is 2. The first kappa shape index (κ1) is 30.5. The van der Waals surface area contributed by atoms with Gasteiger partial charge in [-0.3, -0.25) is 14.4 Å². The van der Waals surface area contributed by atoms with Gasteiger partial charge in [0.25, 0.3) is 5.91 Å². The topological polar surface area (TPSA) is 173 Å².